The van der Waals surface area contributed by atoms with E-state index in [2.05, 4.69) is 28.9 Å². The van der Waals surface area contributed by atoms with E-state index in [9.17, 15) is 4.79 Å². The molecule has 0 N–H and O–H groups in total. The van der Waals surface area contributed by atoms with Gasteiger partial charge in [0.15, 0.2) is 0 Å². The van der Waals surface area contributed by atoms with E-state index in [1.54, 1.807) is 0 Å². The summed E-state index contributed by atoms with van der Waals surface area (Å²) in [6, 6.07) is 6.06. The molecule has 0 spiro atoms. The molecule has 0 aromatic heterocycles. The molecule has 0 aliphatic heterocycles. The van der Waals surface area contributed by atoms with Gasteiger partial charge in [-0.3, -0.25) is 0 Å². The topological polar surface area (TPSA) is 35.5 Å². The average Bonchev–Trinajstić information content (AvgIpc) is 2.54. The predicted octanol–water partition coefficient (Wildman–Crippen LogP) is 5.20. The van der Waals surface area contributed by atoms with Gasteiger partial charge in [-0.05, 0) is 64.5 Å². The molecular formula is C19H25BrO3. The first kappa shape index (κ1) is 18.1. The molecule has 0 saturated heterocycles. The molecule has 4 heteroatoms. The standard InChI is InChI=1S/C19H25BrO3/c1-4-22-19(21)13(2)12-15-8-10-16(11-9-15)23-18-7-5-6-17(20)14(18)3/h5-7,12,15-16H,4,8-11H2,1-3H3/b13-12+. The van der Waals surface area contributed by atoms with Gasteiger partial charge < -0.3 is 9.47 Å². The van der Waals surface area contributed by atoms with Crippen molar-refractivity contribution in [3.63, 3.8) is 0 Å². The van der Waals surface area contributed by atoms with Crippen LogP contribution in [0.5, 0.6) is 5.75 Å². The third kappa shape index (κ3) is 5.10. The molecule has 23 heavy (non-hydrogen) atoms. The second-order valence-electron chi connectivity index (χ2n) is 6.09. The molecular weight excluding hydrogens is 356 g/mol. The molecule has 126 valence electrons. The third-order valence-corrected chi connectivity index (χ3v) is 5.17. The minimum absolute atomic E-state index is 0.198. The molecule has 1 fully saturated rings. The van der Waals surface area contributed by atoms with Gasteiger partial charge in [-0.1, -0.05) is 28.1 Å². The molecule has 0 amide bonds. The van der Waals surface area contributed by atoms with Crippen LogP contribution in [0.3, 0.4) is 0 Å². The number of hydrogen-bond acceptors (Lipinski definition) is 3. The van der Waals surface area contributed by atoms with Crippen molar-refractivity contribution < 1.29 is 14.3 Å². The minimum atomic E-state index is -0.198. The highest BCUT2D eigenvalue weighted by Crippen LogP contribution is 2.32. The second kappa shape index (κ2) is 8.53. The maximum atomic E-state index is 11.7. The smallest absolute Gasteiger partial charge is 0.333 e. The Morgan fingerprint density at radius 2 is 2.00 bits per heavy atom. The van der Waals surface area contributed by atoms with E-state index in [1.807, 2.05) is 32.0 Å². The highest BCUT2D eigenvalue weighted by Gasteiger charge is 2.22. The highest BCUT2D eigenvalue weighted by molar-refractivity contribution is 9.10. The van der Waals surface area contributed by atoms with Crippen LogP contribution in [0.4, 0.5) is 0 Å². The van der Waals surface area contributed by atoms with E-state index >= 15 is 0 Å². The van der Waals surface area contributed by atoms with Crippen LogP contribution in [-0.4, -0.2) is 18.7 Å². The van der Waals surface area contributed by atoms with Crippen molar-refractivity contribution >= 4 is 21.9 Å². The molecule has 3 nitrogen and oxygen atoms in total. The van der Waals surface area contributed by atoms with Gasteiger partial charge in [0.05, 0.1) is 12.7 Å². The molecule has 1 aromatic carbocycles. The normalized spacial score (nSPS) is 21.8. The first-order valence-electron chi connectivity index (χ1n) is 8.28. The summed E-state index contributed by atoms with van der Waals surface area (Å²) in [6.45, 7) is 6.16. The van der Waals surface area contributed by atoms with Crippen LogP contribution in [-0.2, 0) is 9.53 Å². The summed E-state index contributed by atoms with van der Waals surface area (Å²) in [6.07, 6.45) is 6.46. The summed E-state index contributed by atoms with van der Waals surface area (Å²) >= 11 is 3.54. The lowest BCUT2D eigenvalue weighted by Crippen LogP contribution is -2.24. The molecule has 0 unspecified atom stereocenters. The monoisotopic (exact) mass is 380 g/mol. The van der Waals surface area contributed by atoms with E-state index in [0.29, 0.717) is 12.5 Å². The van der Waals surface area contributed by atoms with Gasteiger partial charge in [-0.15, -0.1) is 0 Å². The van der Waals surface area contributed by atoms with Gasteiger partial charge in [0, 0.05) is 15.6 Å². The molecule has 1 aliphatic carbocycles. The summed E-state index contributed by atoms with van der Waals surface area (Å²) < 4.78 is 12.3. The van der Waals surface area contributed by atoms with Gasteiger partial charge >= 0.3 is 5.97 Å². The Bertz CT molecular complexity index is 572. The van der Waals surface area contributed by atoms with E-state index in [4.69, 9.17) is 9.47 Å². The Morgan fingerprint density at radius 1 is 1.30 bits per heavy atom. The number of allylic oxidation sites excluding steroid dienone is 1. The fraction of sp³-hybridized carbons (Fsp3) is 0.526. The quantitative estimate of drug-likeness (QED) is 0.519. The molecule has 2 rings (SSSR count). The lowest BCUT2D eigenvalue weighted by Gasteiger charge is -2.28. The summed E-state index contributed by atoms with van der Waals surface area (Å²) in [5, 5.41) is 0. The Kier molecular flexibility index (Phi) is 6.70. The van der Waals surface area contributed by atoms with Gasteiger partial charge in [-0.2, -0.15) is 0 Å². The number of benzene rings is 1. The number of halogens is 1. The van der Waals surface area contributed by atoms with Gasteiger partial charge in [0.25, 0.3) is 0 Å². The lowest BCUT2D eigenvalue weighted by atomic mass is 9.86. The maximum absolute atomic E-state index is 11.7. The Morgan fingerprint density at radius 3 is 2.65 bits per heavy atom. The Hall–Kier alpha value is -1.29. The SMILES string of the molecule is CCOC(=O)/C(C)=C/C1CCC(Oc2cccc(Br)c2C)CC1. The van der Waals surface area contributed by atoms with Crippen molar-refractivity contribution in [3.05, 3.63) is 39.9 Å². The maximum Gasteiger partial charge on any atom is 0.333 e. The largest absolute Gasteiger partial charge is 0.490 e. The fourth-order valence-corrected chi connectivity index (χ4v) is 3.28. The van der Waals surface area contributed by atoms with Gasteiger partial charge in [0.1, 0.15) is 5.75 Å². The summed E-state index contributed by atoms with van der Waals surface area (Å²) in [7, 11) is 0. The van der Waals surface area contributed by atoms with E-state index in [0.717, 1.165) is 47.0 Å². The fourth-order valence-electron chi connectivity index (χ4n) is 2.93. The third-order valence-electron chi connectivity index (χ3n) is 4.31. The van der Waals surface area contributed by atoms with Crippen molar-refractivity contribution in [2.75, 3.05) is 6.61 Å². The van der Waals surface area contributed by atoms with Crippen LogP contribution in [0.2, 0.25) is 0 Å². The second-order valence-corrected chi connectivity index (χ2v) is 6.94. The first-order valence-corrected chi connectivity index (χ1v) is 9.07. The number of hydrogen-bond donors (Lipinski definition) is 0. The molecule has 1 aromatic rings. The highest BCUT2D eigenvalue weighted by atomic mass is 79.9. The van der Waals surface area contributed by atoms with Gasteiger partial charge in [0.2, 0.25) is 0 Å². The van der Waals surface area contributed by atoms with Crippen LogP contribution in [0.25, 0.3) is 0 Å². The lowest BCUT2D eigenvalue weighted by molar-refractivity contribution is -0.138. The molecule has 1 aliphatic rings. The number of esters is 1. The number of ether oxygens (including phenoxy) is 2. The molecule has 0 heterocycles. The van der Waals surface area contributed by atoms with Crippen LogP contribution >= 0.6 is 15.9 Å². The van der Waals surface area contributed by atoms with Crippen molar-refractivity contribution in [1.29, 1.82) is 0 Å². The van der Waals surface area contributed by atoms with Gasteiger partial charge in [-0.25, -0.2) is 4.79 Å². The first-order chi connectivity index (χ1) is 11.0. The zero-order chi connectivity index (χ0) is 16.8. The van der Waals surface area contributed by atoms with Crippen molar-refractivity contribution in [2.45, 2.75) is 52.6 Å². The Labute approximate surface area is 147 Å². The van der Waals surface area contributed by atoms with Crippen molar-refractivity contribution in [1.82, 2.24) is 0 Å². The van der Waals surface area contributed by atoms with Crippen LogP contribution in [0.15, 0.2) is 34.3 Å². The number of carbonyl (C=O) groups is 1. The number of carbonyl (C=O) groups excluding carboxylic acids is 1. The van der Waals surface area contributed by atoms with E-state index < -0.39 is 0 Å². The van der Waals surface area contributed by atoms with Crippen LogP contribution in [0, 0.1) is 12.8 Å². The summed E-state index contributed by atoms with van der Waals surface area (Å²) in [5.74, 6) is 1.21. The molecule has 0 radical (unpaired) electrons. The zero-order valence-electron chi connectivity index (χ0n) is 14.1. The number of rotatable bonds is 5. The summed E-state index contributed by atoms with van der Waals surface area (Å²) in [5.41, 5.74) is 1.87. The van der Waals surface area contributed by atoms with Crippen LogP contribution < -0.4 is 4.74 Å². The summed E-state index contributed by atoms with van der Waals surface area (Å²) in [4.78, 5) is 11.7. The van der Waals surface area contributed by atoms with Crippen molar-refractivity contribution in [2.24, 2.45) is 5.92 Å². The predicted molar refractivity (Wildman–Crippen MR) is 95.6 cm³/mol. The average molecular weight is 381 g/mol. The van der Waals surface area contributed by atoms with E-state index in [-0.39, 0.29) is 12.1 Å². The minimum Gasteiger partial charge on any atom is -0.490 e. The molecule has 0 bridgehead atoms. The zero-order valence-corrected chi connectivity index (χ0v) is 15.7. The molecule has 1 saturated carbocycles. The van der Waals surface area contributed by atoms with Crippen molar-refractivity contribution in [3.8, 4) is 5.75 Å². The van der Waals surface area contributed by atoms with Crippen LogP contribution in [0.1, 0.15) is 45.1 Å². The van der Waals surface area contributed by atoms with E-state index in [1.165, 1.54) is 0 Å². The Balaban J connectivity index is 1.88. The molecule has 0 atom stereocenters.